The summed E-state index contributed by atoms with van der Waals surface area (Å²) in [5, 5.41) is 0. The summed E-state index contributed by atoms with van der Waals surface area (Å²) < 4.78 is 45.2. The van der Waals surface area contributed by atoms with Gasteiger partial charge in [-0.3, -0.25) is 0 Å². The second-order valence-corrected chi connectivity index (χ2v) is 6.70. The highest BCUT2D eigenvalue weighted by atomic mass is 32.2. The second kappa shape index (κ2) is 6.89. The molecule has 0 spiro atoms. The van der Waals surface area contributed by atoms with E-state index in [1.54, 1.807) is 24.3 Å². The van der Waals surface area contributed by atoms with E-state index in [1.165, 1.54) is 19.2 Å². The molecular weight excluding hydrogens is 305 g/mol. The molecule has 22 heavy (non-hydrogen) atoms. The minimum absolute atomic E-state index is 0.170. The fourth-order valence-electron chi connectivity index (χ4n) is 2.06. The van der Waals surface area contributed by atoms with Crippen molar-refractivity contribution in [2.75, 3.05) is 13.7 Å². The highest BCUT2D eigenvalue weighted by Crippen LogP contribution is 2.18. The molecule has 0 fully saturated rings. The number of benzene rings is 2. The normalized spacial score (nSPS) is 11.4. The number of hydrogen-bond donors (Lipinski definition) is 1. The summed E-state index contributed by atoms with van der Waals surface area (Å²) >= 11 is 0. The lowest BCUT2D eigenvalue weighted by Gasteiger charge is -2.08. The van der Waals surface area contributed by atoms with Crippen LogP contribution in [0.2, 0.25) is 0 Å². The molecule has 2 aromatic rings. The van der Waals surface area contributed by atoms with Crippen LogP contribution in [0.3, 0.4) is 0 Å². The second-order valence-electron chi connectivity index (χ2n) is 4.93. The molecule has 118 valence electrons. The van der Waals surface area contributed by atoms with Crippen LogP contribution in [0.4, 0.5) is 4.39 Å². The number of sulfonamides is 1. The smallest absolute Gasteiger partial charge is 0.240 e. The standard InChI is InChI=1S/C16H18FNO3S/c1-12-4-3-5-14(10-12)22(19,20)18-9-8-13-6-7-16(21-2)15(17)11-13/h3-7,10-11,18H,8-9H2,1-2H3. The van der Waals surface area contributed by atoms with Crippen LogP contribution in [0, 0.1) is 12.7 Å². The third-order valence-corrected chi connectivity index (χ3v) is 4.68. The Morgan fingerprint density at radius 1 is 1.18 bits per heavy atom. The molecule has 0 aromatic heterocycles. The summed E-state index contributed by atoms with van der Waals surface area (Å²) in [5.41, 5.74) is 1.57. The van der Waals surface area contributed by atoms with Crippen molar-refractivity contribution < 1.29 is 17.5 Å². The van der Waals surface area contributed by atoms with Crippen LogP contribution in [-0.2, 0) is 16.4 Å². The Morgan fingerprint density at radius 3 is 2.59 bits per heavy atom. The molecule has 0 amide bonds. The van der Waals surface area contributed by atoms with E-state index in [4.69, 9.17) is 4.74 Å². The molecule has 0 saturated heterocycles. The van der Waals surface area contributed by atoms with Gasteiger partial charge in [-0.05, 0) is 48.7 Å². The number of ether oxygens (including phenoxy) is 1. The molecule has 0 aliphatic carbocycles. The van der Waals surface area contributed by atoms with Crippen LogP contribution in [0.5, 0.6) is 5.75 Å². The van der Waals surface area contributed by atoms with Gasteiger partial charge in [-0.1, -0.05) is 18.2 Å². The maximum atomic E-state index is 13.6. The number of methoxy groups -OCH3 is 1. The molecule has 0 unspecified atom stereocenters. The minimum Gasteiger partial charge on any atom is -0.494 e. The van der Waals surface area contributed by atoms with Gasteiger partial charge in [0.15, 0.2) is 11.6 Å². The molecule has 4 nitrogen and oxygen atoms in total. The Kier molecular flexibility index (Phi) is 5.15. The molecule has 0 saturated carbocycles. The van der Waals surface area contributed by atoms with Gasteiger partial charge in [0.1, 0.15) is 0 Å². The number of aryl methyl sites for hydroxylation is 1. The highest BCUT2D eigenvalue weighted by Gasteiger charge is 2.13. The number of rotatable bonds is 6. The Balaban J connectivity index is 2.00. The van der Waals surface area contributed by atoms with Crippen molar-refractivity contribution in [3.8, 4) is 5.75 Å². The zero-order chi connectivity index (χ0) is 16.2. The Hall–Kier alpha value is -1.92. The van der Waals surface area contributed by atoms with E-state index in [9.17, 15) is 12.8 Å². The predicted octanol–water partition coefficient (Wildman–Crippen LogP) is 2.66. The molecule has 0 aliphatic heterocycles. The van der Waals surface area contributed by atoms with Gasteiger partial charge >= 0.3 is 0 Å². The van der Waals surface area contributed by atoms with Gasteiger partial charge in [0.05, 0.1) is 12.0 Å². The van der Waals surface area contributed by atoms with Crippen molar-refractivity contribution in [1.82, 2.24) is 4.72 Å². The van der Waals surface area contributed by atoms with Crippen LogP contribution in [0.25, 0.3) is 0 Å². The Morgan fingerprint density at radius 2 is 1.95 bits per heavy atom. The van der Waals surface area contributed by atoms with E-state index in [0.717, 1.165) is 5.56 Å². The topological polar surface area (TPSA) is 55.4 Å². The van der Waals surface area contributed by atoms with Crippen molar-refractivity contribution in [2.24, 2.45) is 0 Å². The monoisotopic (exact) mass is 323 g/mol. The average molecular weight is 323 g/mol. The lowest BCUT2D eigenvalue weighted by atomic mass is 10.1. The van der Waals surface area contributed by atoms with Gasteiger partial charge in [-0.15, -0.1) is 0 Å². The van der Waals surface area contributed by atoms with Crippen LogP contribution < -0.4 is 9.46 Å². The number of hydrogen-bond acceptors (Lipinski definition) is 3. The molecule has 6 heteroatoms. The maximum absolute atomic E-state index is 13.6. The molecule has 0 radical (unpaired) electrons. The van der Waals surface area contributed by atoms with E-state index >= 15 is 0 Å². The molecule has 0 aliphatic rings. The van der Waals surface area contributed by atoms with Gasteiger partial charge < -0.3 is 4.74 Å². The minimum atomic E-state index is -3.54. The summed E-state index contributed by atoms with van der Waals surface area (Å²) in [5.74, 6) is -0.286. The summed E-state index contributed by atoms with van der Waals surface area (Å²) in [4.78, 5) is 0.230. The lowest BCUT2D eigenvalue weighted by molar-refractivity contribution is 0.386. The van der Waals surface area contributed by atoms with Crippen molar-refractivity contribution in [3.05, 3.63) is 59.4 Å². The summed E-state index contributed by atoms with van der Waals surface area (Å²) in [7, 11) is -2.15. The quantitative estimate of drug-likeness (QED) is 0.889. The molecule has 0 bridgehead atoms. The first-order chi connectivity index (χ1) is 10.4. The third-order valence-electron chi connectivity index (χ3n) is 3.22. The Labute approximate surface area is 130 Å². The van der Waals surface area contributed by atoms with Gasteiger partial charge in [0, 0.05) is 6.54 Å². The Bertz CT molecular complexity index is 760. The lowest BCUT2D eigenvalue weighted by Crippen LogP contribution is -2.26. The van der Waals surface area contributed by atoms with E-state index in [2.05, 4.69) is 4.72 Å². The van der Waals surface area contributed by atoms with Gasteiger partial charge in [0.2, 0.25) is 10.0 Å². The first-order valence-electron chi connectivity index (χ1n) is 6.81. The van der Waals surface area contributed by atoms with Crippen LogP contribution >= 0.6 is 0 Å². The molecular formula is C16H18FNO3S. The van der Waals surface area contributed by atoms with Crippen LogP contribution in [0.1, 0.15) is 11.1 Å². The zero-order valence-corrected chi connectivity index (χ0v) is 13.3. The van der Waals surface area contributed by atoms with Crippen molar-refractivity contribution in [3.63, 3.8) is 0 Å². The zero-order valence-electron chi connectivity index (χ0n) is 12.5. The fourth-order valence-corrected chi connectivity index (χ4v) is 3.20. The number of halogens is 1. The summed E-state index contributed by atoms with van der Waals surface area (Å²) in [6.45, 7) is 2.03. The molecule has 2 aromatic carbocycles. The predicted molar refractivity (Wildman–Crippen MR) is 83.0 cm³/mol. The average Bonchev–Trinajstić information content (AvgIpc) is 2.47. The highest BCUT2D eigenvalue weighted by molar-refractivity contribution is 7.89. The van der Waals surface area contributed by atoms with E-state index in [1.807, 2.05) is 13.0 Å². The molecule has 1 N–H and O–H groups in total. The van der Waals surface area contributed by atoms with E-state index < -0.39 is 15.8 Å². The van der Waals surface area contributed by atoms with Gasteiger partial charge in [-0.25, -0.2) is 17.5 Å². The summed E-state index contributed by atoms with van der Waals surface area (Å²) in [6, 6.07) is 11.3. The van der Waals surface area contributed by atoms with Crippen LogP contribution in [0.15, 0.2) is 47.4 Å². The summed E-state index contributed by atoms with van der Waals surface area (Å²) in [6.07, 6.45) is 0.395. The van der Waals surface area contributed by atoms with Gasteiger partial charge in [-0.2, -0.15) is 0 Å². The molecule has 2 rings (SSSR count). The molecule has 0 heterocycles. The third kappa shape index (κ3) is 4.05. The first-order valence-corrected chi connectivity index (χ1v) is 8.29. The van der Waals surface area contributed by atoms with Crippen LogP contribution in [-0.4, -0.2) is 22.1 Å². The van der Waals surface area contributed by atoms with Crippen molar-refractivity contribution >= 4 is 10.0 Å². The fraction of sp³-hybridized carbons (Fsp3) is 0.250. The van der Waals surface area contributed by atoms with E-state index in [-0.39, 0.29) is 17.2 Å². The maximum Gasteiger partial charge on any atom is 0.240 e. The largest absolute Gasteiger partial charge is 0.494 e. The van der Waals surface area contributed by atoms with Crippen molar-refractivity contribution in [1.29, 1.82) is 0 Å². The van der Waals surface area contributed by atoms with Crippen molar-refractivity contribution in [2.45, 2.75) is 18.2 Å². The van der Waals surface area contributed by atoms with Gasteiger partial charge in [0.25, 0.3) is 0 Å². The molecule has 0 atom stereocenters. The SMILES string of the molecule is COc1ccc(CCNS(=O)(=O)c2cccc(C)c2)cc1F. The van der Waals surface area contributed by atoms with E-state index in [0.29, 0.717) is 12.0 Å². The first kappa shape index (κ1) is 16.5. The number of nitrogens with one attached hydrogen (secondary N) is 1.